The van der Waals surface area contributed by atoms with Crippen LogP contribution >= 0.6 is 0 Å². The van der Waals surface area contributed by atoms with Crippen LogP contribution < -0.4 is 9.47 Å². The first-order chi connectivity index (χ1) is 15.5. The Morgan fingerprint density at radius 3 is 2.41 bits per heavy atom. The number of rotatable bonds is 6. The van der Waals surface area contributed by atoms with E-state index in [4.69, 9.17) is 14.0 Å². The van der Waals surface area contributed by atoms with Crippen molar-refractivity contribution in [1.29, 1.82) is 0 Å². The van der Waals surface area contributed by atoms with Crippen molar-refractivity contribution < 1.29 is 18.8 Å². The highest BCUT2D eigenvalue weighted by atomic mass is 16.5. The van der Waals surface area contributed by atoms with Crippen molar-refractivity contribution in [1.82, 2.24) is 15.0 Å². The number of carbonyl (C=O) groups excluding carboxylic acids is 1. The van der Waals surface area contributed by atoms with Gasteiger partial charge >= 0.3 is 0 Å². The van der Waals surface area contributed by atoms with Gasteiger partial charge in [-0.05, 0) is 36.5 Å². The Morgan fingerprint density at radius 2 is 1.78 bits per heavy atom. The molecule has 1 saturated heterocycles. The lowest BCUT2D eigenvalue weighted by molar-refractivity contribution is 0.0688. The molecule has 1 amide bonds. The topological polar surface area (TPSA) is 77.7 Å². The summed E-state index contributed by atoms with van der Waals surface area (Å²) in [6.07, 6.45) is 1.75. The van der Waals surface area contributed by atoms with Crippen molar-refractivity contribution in [3.05, 3.63) is 59.5 Å². The van der Waals surface area contributed by atoms with Gasteiger partial charge in [0.2, 0.25) is 11.7 Å². The first-order valence-corrected chi connectivity index (χ1v) is 11.0. The average molecular weight is 436 g/mol. The predicted molar refractivity (Wildman–Crippen MR) is 121 cm³/mol. The van der Waals surface area contributed by atoms with Crippen molar-refractivity contribution in [2.45, 2.75) is 38.5 Å². The fourth-order valence-electron chi connectivity index (χ4n) is 4.12. The number of ether oxygens (including phenoxy) is 2. The molecule has 2 heterocycles. The molecule has 1 aromatic heterocycles. The van der Waals surface area contributed by atoms with Gasteiger partial charge in [-0.2, -0.15) is 4.98 Å². The van der Waals surface area contributed by atoms with E-state index in [0.29, 0.717) is 47.8 Å². The maximum Gasteiger partial charge on any atom is 0.261 e. The summed E-state index contributed by atoms with van der Waals surface area (Å²) in [4.78, 5) is 19.8. The average Bonchev–Trinajstić information content (AvgIpc) is 3.33. The molecule has 4 rings (SSSR count). The summed E-state index contributed by atoms with van der Waals surface area (Å²) in [5.74, 6) is 2.49. The molecular formula is C25H29N3O4. The van der Waals surface area contributed by atoms with Crippen LogP contribution in [0.15, 0.2) is 47.0 Å². The Balaban J connectivity index is 1.52. The second-order valence-electron chi connectivity index (χ2n) is 8.36. The maximum absolute atomic E-state index is 13.3. The highest BCUT2D eigenvalue weighted by Gasteiger charge is 2.31. The molecular weight excluding hydrogens is 406 g/mol. The third-order valence-electron chi connectivity index (χ3n) is 5.98. The molecule has 2 aromatic carbocycles. The van der Waals surface area contributed by atoms with Crippen LogP contribution in [0.1, 0.15) is 60.3 Å². The number of aromatic nitrogens is 2. The van der Waals surface area contributed by atoms with Gasteiger partial charge in [-0.1, -0.05) is 49.3 Å². The van der Waals surface area contributed by atoms with Crippen LogP contribution in [-0.2, 0) is 0 Å². The third-order valence-corrected chi connectivity index (χ3v) is 5.98. The molecule has 7 heteroatoms. The molecule has 0 aliphatic carbocycles. The number of methoxy groups -OCH3 is 2. The quantitative estimate of drug-likeness (QED) is 0.548. The van der Waals surface area contributed by atoms with Gasteiger partial charge in [0, 0.05) is 18.7 Å². The Hall–Kier alpha value is -3.35. The van der Waals surface area contributed by atoms with E-state index < -0.39 is 0 Å². The zero-order chi connectivity index (χ0) is 22.7. The smallest absolute Gasteiger partial charge is 0.261 e. The first kappa shape index (κ1) is 21.9. The summed E-state index contributed by atoms with van der Waals surface area (Å²) < 4.78 is 16.4. The predicted octanol–water partition coefficient (Wildman–Crippen LogP) is 4.90. The van der Waals surface area contributed by atoms with Gasteiger partial charge in [0.1, 0.15) is 17.1 Å². The van der Waals surface area contributed by atoms with Gasteiger partial charge in [-0.3, -0.25) is 4.79 Å². The largest absolute Gasteiger partial charge is 0.496 e. The minimum Gasteiger partial charge on any atom is -0.496 e. The summed E-state index contributed by atoms with van der Waals surface area (Å²) in [5.41, 5.74) is 2.63. The minimum atomic E-state index is -0.118. The van der Waals surface area contributed by atoms with Gasteiger partial charge in [-0.15, -0.1) is 0 Å². The van der Waals surface area contributed by atoms with E-state index in [1.807, 2.05) is 17.0 Å². The minimum absolute atomic E-state index is 0.00964. The van der Waals surface area contributed by atoms with Crippen LogP contribution in [0.4, 0.5) is 0 Å². The lowest BCUT2D eigenvalue weighted by Crippen LogP contribution is -2.39. The highest BCUT2D eigenvalue weighted by molar-refractivity contribution is 5.99. The molecule has 0 spiro atoms. The molecule has 0 N–H and O–H groups in total. The second-order valence-corrected chi connectivity index (χ2v) is 8.36. The molecule has 0 saturated carbocycles. The third kappa shape index (κ3) is 4.33. The van der Waals surface area contributed by atoms with Gasteiger partial charge in [0.15, 0.2) is 0 Å². The molecule has 168 valence electrons. The zero-order valence-corrected chi connectivity index (χ0v) is 19.0. The van der Waals surface area contributed by atoms with E-state index >= 15 is 0 Å². The van der Waals surface area contributed by atoms with Gasteiger partial charge in [-0.25, -0.2) is 0 Å². The number of benzene rings is 2. The molecule has 1 atom stereocenters. The van der Waals surface area contributed by atoms with Gasteiger partial charge in [0.25, 0.3) is 5.91 Å². The van der Waals surface area contributed by atoms with E-state index in [0.717, 1.165) is 18.4 Å². The summed E-state index contributed by atoms with van der Waals surface area (Å²) in [5, 5.41) is 4.19. The summed E-state index contributed by atoms with van der Waals surface area (Å²) >= 11 is 0. The van der Waals surface area contributed by atoms with Crippen LogP contribution in [0.25, 0.3) is 11.4 Å². The Bertz CT molecular complexity index is 1050. The highest BCUT2D eigenvalue weighted by Crippen LogP contribution is 2.33. The number of piperidine rings is 1. The number of nitrogens with zero attached hydrogens (tertiary/aromatic N) is 3. The molecule has 0 unspecified atom stereocenters. The van der Waals surface area contributed by atoms with E-state index in [1.165, 1.54) is 5.56 Å². The van der Waals surface area contributed by atoms with Crippen LogP contribution in [0.2, 0.25) is 0 Å². The number of likely N-dealkylation sites (tertiary alicyclic amines) is 1. The summed E-state index contributed by atoms with van der Waals surface area (Å²) in [6.45, 7) is 5.50. The first-order valence-electron chi connectivity index (χ1n) is 11.0. The molecule has 1 aliphatic heterocycles. The van der Waals surface area contributed by atoms with Crippen molar-refractivity contribution in [3.8, 4) is 22.9 Å². The van der Waals surface area contributed by atoms with Crippen LogP contribution in [0, 0.1) is 0 Å². The van der Waals surface area contributed by atoms with Crippen LogP contribution in [0.3, 0.4) is 0 Å². The molecule has 1 aliphatic rings. The van der Waals surface area contributed by atoms with Crippen molar-refractivity contribution in [3.63, 3.8) is 0 Å². The fraction of sp³-hybridized carbons (Fsp3) is 0.400. The second kappa shape index (κ2) is 9.42. The molecule has 0 radical (unpaired) electrons. The van der Waals surface area contributed by atoms with Crippen molar-refractivity contribution in [2.24, 2.45) is 0 Å². The van der Waals surface area contributed by atoms with Crippen molar-refractivity contribution >= 4 is 5.91 Å². The lowest BCUT2D eigenvalue weighted by Gasteiger charge is -2.31. The van der Waals surface area contributed by atoms with Gasteiger partial charge in [0.05, 0.1) is 20.1 Å². The number of amides is 1. The van der Waals surface area contributed by atoms with Crippen molar-refractivity contribution in [2.75, 3.05) is 27.3 Å². The molecule has 32 heavy (non-hydrogen) atoms. The van der Waals surface area contributed by atoms with E-state index in [-0.39, 0.29) is 11.8 Å². The SMILES string of the molecule is COc1cccc(OC)c1C(=O)N1CCC[C@H](c2nc(-c3ccc(C(C)C)cc3)no2)C1. The number of hydrogen-bond acceptors (Lipinski definition) is 6. The monoisotopic (exact) mass is 435 g/mol. The number of carbonyl (C=O) groups is 1. The molecule has 3 aromatic rings. The lowest BCUT2D eigenvalue weighted by atomic mass is 9.97. The van der Waals surface area contributed by atoms with Crippen LogP contribution in [-0.4, -0.2) is 48.3 Å². The normalized spacial score (nSPS) is 16.3. The standard InChI is InChI=1S/C25H29N3O4/c1-16(2)17-10-12-18(13-11-17)23-26-24(32-27-23)19-7-6-14-28(15-19)25(29)22-20(30-3)8-5-9-21(22)31-4/h5,8-13,16,19H,6-7,14-15H2,1-4H3/t19-/m0/s1. The van der Waals surface area contributed by atoms with Crippen LogP contribution in [0.5, 0.6) is 11.5 Å². The summed E-state index contributed by atoms with van der Waals surface area (Å²) in [6, 6.07) is 13.6. The molecule has 0 bridgehead atoms. The maximum atomic E-state index is 13.3. The molecule has 1 fully saturated rings. The Morgan fingerprint density at radius 1 is 1.09 bits per heavy atom. The zero-order valence-electron chi connectivity index (χ0n) is 19.0. The number of hydrogen-bond donors (Lipinski definition) is 0. The summed E-state index contributed by atoms with van der Waals surface area (Å²) in [7, 11) is 3.11. The van der Waals surface area contributed by atoms with E-state index in [9.17, 15) is 4.79 Å². The molecule has 7 nitrogen and oxygen atoms in total. The van der Waals surface area contributed by atoms with Gasteiger partial charge < -0.3 is 18.9 Å². The Labute approximate surface area is 188 Å². The van der Waals surface area contributed by atoms with E-state index in [2.05, 4.69) is 36.1 Å². The van der Waals surface area contributed by atoms with E-state index in [1.54, 1.807) is 32.4 Å². The Kier molecular flexibility index (Phi) is 6.44. The fourth-order valence-corrected chi connectivity index (χ4v) is 4.12.